The molecule has 1 unspecified atom stereocenters. The van der Waals surface area contributed by atoms with E-state index in [2.05, 4.69) is 22.9 Å². The van der Waals surface area contributed by atoms with Gasteiger partial charge < -0.3 is 4.90 Å². The van der Waals surface area contributed by atoms with Gasteiger partial charge in [-0.1, -0.05) is 29.8 Å². The molecule has 0 aromatic carbocycles. The van der Waals surface area contributed by atoms with Crippen LogP contribution < -0.4 is 0 Å². The molecule has 3 heteroatoms. The smallest absolute Gasteiger partial charge is 0.225 e. The van der Waals surface area contributed by atoms with Gasteiger partial charge in [-0.3, -0.25) is 4.79 Å². The first-order valence-corrected chi connectivity index (χ1v) is 6.35. The van der Waals surface area contributed by atoms with Crippen molar-refractivity contribution in [2.75, 3.05) is 13.6 Å². The second kappa shape index (κ2) is 5.15. The van der Waals surface area contributed by atoms with Crippen LogP contribution in [0.5, 0.6) is 0 Å². The zero-order chi connectivity index (χ0) is 10.7. The van der Waals surface area contributed by atoms with E-state index < -0.39 is 0 Å². The van der Waals surface area contributed by atoms with Gasteiger partial charge >= 0.3 is 0 Å². The molecule has 1 rings (SSSR count). The first-order chi connectivity index (χ1) is 6.54. The van der Waals surface area contributed by atoms with Crippen LogP contribution in [0, 0.1) is 11.8 Å². The molecule has 0 aliphatic heterocycles. The molecule has 0 bridgehead atoms. The molecular formula is C11H20BrNO. The lowest BCUT2D eigenvalue weighted by Crippen LogP contribution is -2.39. The van der Waals surface area contributed by atoms with Gasteiger partial charge in [0.2, 0.25) is 5.91 Å². The number of hydrogen-bond donors (Lipinski definition) is 0. The van der Waals surface area contributed by atoms with E-state index in [0.29, 0.717) is 10.7 Å². The molecule has 1 saturated carbocycles. The third-order valence-electron chi connectivity index (χ3n) is 3.12. The van der Waals surface area contributed by atoms with Gasteiger partial charge in [-0.05, 0) is 25.2 Å². The molecular weight excluding hydrogens is 242 g/mol. The highest BCUT2D eigenvalue weighted by molar-refractivity contribution is 9.09. The van der Waals surface area contributed by atoms with Gasteiger partial charge in [-0.15, -0.1) is 0 Å². The Bertz CT molecular complexity index is 201. The predicted octanol–water partition coefficient (Wildman–Crippen LogP) is 2.66. The van der Waals surface area contributed by atoms with Gasteiger partial charge in [-0.2, -0.15) is 0 Å². The second-order valence-corrected chi connectivity index (χ2v) is 5.76. The SMILES string of the molecule is CCC(C)C(=O)N(C)CC1CC(Br)C1. The van der Waals surface area contributed by atoms with Crippen LogP contribution in [0.15, 0.2) is 0 Å². The highest BCUT2D eigenvalue weighted by atomic mass is 79.9. The number of carbonyl (C=O) groups excluding carboxylic acids is 1. The summed E-state index contributed by atoms with van der Waals surface area (Å²) >= 11 is 3.57. The average molecular weight is 262 g/mol. The fourth-order valence-electron chi connectivity index (χ4n) is 1.83. The summed E-state index contributed by atoms with van der Waals surface area (Å²) in [5, 5.41) is 0. The van der Waals surface area contributed by atoms with Crippen LogP contribution in [0.4, 0.5) is 0 Å². The summed E-state index contributed by atoms with van der Waals surface area (Å²) in [5.41, 5.74) is 0. The van der Waals surface area contributed by atoms with Gasteiger partial charge in [0.05, 0.1) is 0 Å². The molecule has 0 heterocycles. The van der Waals surface area contributed by atoms with E-state index in [0.717, 1.165) is 18.9 Å². The van der Waals surface area contributed by atoms with Crippen molar-refractivity contribution >= 4 is 21.8 Å². The third kappa shape index (κ3) is 2.97. The summed E-state index contributed by atoms with van der Waals surface area (Å²) in [5.74, 6) is 1.20. The number of alkyl halides is 1. The van der Waals surface area contributed by atoms with Crippen molar-refractivity contribution in [3.8, 4) is 0 Å². The zero-order valence-electron chi connectivity index (χ0n) is 9.29. The van der Waals surface area contributed by atoms with Crippen molar-refractivity contribution in [3.63, 3.8) is 0 Å². The summed E-state index contributed by atoms with van der Waals surface area (Å²) in [6.45, 7) is 5.01. The highest BCUT2D eigenvalue weighted by Gasteiger charge is 2.29. The van der Waals surface area contributed by atoms with Crippen LogP contribution in [0.1, 0.15) is 33.1 Å². The fraction of sp³-hybridized carbons (Fsp3) is 0.909. The quantitative estimate of drug-likeness (QED) is 0.713. The van der Waals surface area contributed by atoms with Crippen LogP contribution in [0.25, 0.3) is 0 Å². The molecule has 14 heavy (non-hydrogen) atoms. The van der Waals surface area contributed by atoms with E-state index in [1.165, 1.54) is 12.8 Å². The average Bonchev–Trinajstić information content (AvgIpc) is 2.12. The number of nitrogens with zero attached hydrogens (tertiary/aromatic N) is 1. The molecule has 1 amide bonds. The van der Waals surface area contributed by atoms with Crippen LogP contribution in [0.2, 0.25) is 0 Å². The Morgan fingerprint density at radius 2 is 2.14 bits per heavy atom. The Morgan fingerprint density at radius 1 is 1.57 bits per heavy atom. The van der Waals surface area contributed by atoms with Gasteiger partial charge in [-0.25, -0.2) is 0 Å². The predicted molar refractivity (Wildman–Crippen MR) is 62.5 cm³/mol. The lowest BCUT2D eigenvalue weighted by atomic mass is 9.85. The molecule has 0 N–H and O–H groups in total. The Kier molecular flexibility index (Phi) is 4.42. The zero-order valence-corrected chi connectivity index (χ0v) is 10.9. The summed E-state index contributed by atoms with van der Waals surface area (Å²) < 4.78 is 0. The maximum Gasteiger partial charge on any atom is 0.225 e. The van der Waals surface area contributed by atoms with Crippen LogP contribution in [0.3, 0.4) is 0 Å². The maximum absolute atomic E-state index is 11.7. The van der Waals surface area contributed by atoms with E-state index in [-0.39, 0.29) is 5.92 Å². The molecule has 1 atom stereocenters. The van der Waals surface area contributed by atoms with Crippen LogP contribution >= 0.6 is 15.9 Å². The largest absolute Gasteiger partial charge is 0.345 e. The van der Waals surface area contributed by atoms with E-state index >= 15 is 0 Å². The minimum absolute atomic E-state index is 0.180. The normalized spacial score (nSPS) is 28.0. The van der Waals surface area contributed by atoms with Crippen molar-refractivity contribution in [1.82, 2.24) is 4.90 Å². The minimum Gasteiger partial charge on any atom is -0.345 e. The molecule has 0 aromatic rings. The summed E-state index contributed by atoms with van der Waals surface area (Å²) in [4.78, 5) is 14.3. The highest BCUT2D eigenvalue weighted by Crippen LogP contribution is 2.33. The Morgan fingerprint density at radius 3 is 2.57 bits per heavy atom. The van der Waals surface area contributed by atoms with Gasteiger partial charge in [0.1, 0.15) is 0 Å². The van der Waals surface area contributed by atoms with Crippen LogP contribution in [-0.2, 0) is 4.79 Å². The number of amides is 1. The first-order valence-electron chi connectivity index (χ1n) is 5.43. The monoisotopic (exact) mass is 261 g/mol. The van der Waals surface area contributed by atoms with Gasteiger partial charge in [0.25, 0.3) is 0 Å². The summed E-state index contributed by atoms with van der Waals surface area (Å²) in [6.07, 6.45) is 3.38. The number of halogens is 1. The first kappa shape index (κ1) is 12.0. The van der Waals surface area contributed by atoms with Crippen molar-refractivity contribution in [2.24, 2.45) is 11.8 Å². The Balaban J connectivity index is 2.27. The molecule has 2 nitrogen and oxygen atoms in total. The van der Waals surface area contributed by atoms with Gasteiger partial charge in [0.15, 0.2) is 0 Å². The third-order valence-corrected chi connectivity index (χ3v) is 3.87. The summed E-state index contributed by atoms with van der Waals surface area (Å²) in [6, 6.07) is 0. The van der Waals surface area contributed by atoms with Gasteiger partial charge in [0, 0.05) is 24.3 Å². The van der Waals surface area contributed by atoms with E-state index in [1.54, 1.807) is 0 Å². The maximum atomic E-state index is 11.7. The molecule has 0 saturated heterocycles. The van der Waals surface area contributed by atoms with Crippen molar-refractivity contribution < 1.29 is 4.79 Å². The summed E-state index contributed by atoms with van der Waals surface area (Å²) in [7, 11) is 1.93. The molecule has 82 valence electrons. The van der Waals surface area contributed by atoms with Crippen molar-refractivity contribution in [3.05, 3.63) is 0 Å². The van der Waals surface area contributed by atoms with E-state index in [4.69, 9.17) is 0 Å². The van der Waals surface area contributed by atoms with Crippen molar-refractivity contribution in [2.45, 2.75) is 37.9 Å². The van der Waals surface area contributed by atoms with Crippen molar-refractivity contribution in [1.29, 1.82) is 0 Å². The van der Waals surface area contributed by atoms with Crippen LogP contribution in [-0.4, -0.2) is 29.2 Å². The molecule has 0 aromatic heterocycles. The standard InChI is InChI=1S/C11H20BrNO/c1-4-8(2)11(14)13(3)7-9-5-10(12)6-9/h8-10H,4-7H2,1-3H3. The lowest BCUT2D eigenvalue weighted by molar-refractivity contribution is -0.134. The number of hydrogen-bond acceptors (Lipinski definition) is 1. The Hall–Kier alpha value is -0.0500. The molecule has 1 aliphatic rings. The Labute approximate surface area is 95.2 Å². The lowest BCUT2D eigenvalue weighted by Gasteiger charge is -2.35. The molecule has 0 spiro atoms. The minimum atomic E-state index is 0.180. The number of rotatable bonds is 4. The number of carbonyl (C=O) groups is 1. The fourth-order valence-corrected chi connectivity index (χ4v) is 2.89. The molecule has 0 radical (unpaired) electrons. The topological polar surface area (TPSA) is 20.3 Å². The van der Waals surface area contributed by atoms with E-state index in [9.17, 15) is 4.79 Å². The molecule has 1 fully saturated rings. The molecule has 1 aliphatic carbocycles. The van der Waals surface area contributed by atoms with E-state index in [1.807, 2.05) is 18.9 Å². The second-order valence-electron chi connectivity index (χ2n) is 4.46.